The molecule has 1 aromatic heterocycles. The van der Waals surface area contributed by atoms with Gasteiger partial charge < -0.3 is 10.6 Å². The minimum atomic E-state index is 0.120. The lowest BCUT2D eigenvalue weighted by Gasteiger charge is -2.35. The molecule has 1 saturated heterocycles. The average molecular weight is 276 g/mol. The number of rotatable bonds is 1. The van der Waals surface area contributed by atoms with Crippen LogP contribution in [0.3, 0.4) is 0 Å². The molecule has 0 aliphatic carbocycles. The molecule has 2 unspecified atom stereocenters. The van der Waals surface area contributed by atoms with Gasteiger partial charge in [0.05, 0.1) is 6.54 Å². The molecule has 102 valence electrons. The summed E-state index contributed by atoms with van der Waals surface area (Å²) in [7, 11) is 0. The number of thiophene rings is 1. The zero-order valence-corrected chi connectivity index (χ0v) is 12.3. The van der Waals surface area contributed by atoms with Crippen molar-refractivity contribution in [2.45, 2.75) is 20.3 Å². The highest BCUT2D eigenvalue weighted by Crippen LogP contribution is 2.26. The van der Waals surface area contributed by atoms with Crippen molar-refractivity contribution in [1.82, 2.24) is 4.90 Å². The molecule has 0 bridgehead atoms. The molecule has 1 aliphatic heterocycles. The van der Waals surface area contributed by atoms with E-state index in [4.69, 9.17) is 5.73 Å². The third-order valence-electron chi connectivity index (χ3n) is 3.81. The highest BCUT2D eigenvalue weighted by molar-refractivity contribution is 7.12. The smallest absolute Gasteiger partial charge is 0.265 e. The van der Waals surface area contributed by atoms with Crippen molar-refractivity contribution in [3.8, 4) is 11.8 Å². The largest absolute Gasteiger partial charge is 0.338 e. The van der Waals surface area contributed by atoms with E-state index in [0.29, 0.717) is 18.4 Å². The molecule has 2 N–H and O–H groups in total. The van der Waals surface area contributed by atoms with Gasteiger partial charge in [-0.05, 0) is 29.7 Å². The zero-order chi connectivity index (χ0) is 13.8. The van der Waals surface area contributed by atoms with Gasteiger partial charge in [-0.3, -0.25) is 4.79 Å². The Labute approximate surface area is 118 Å². The predicted molar refractivity (Wildman–Crippen MR) is 79.1 cm³/mol. The fraction of sp³-hybridized carbons (Fsp3) is 0.533. The summed E-state index contributed by atoms with van der Waals surface area (Å²) in [5, 5.41) is 1.92. The fourth-order valence-corrected chi connectivity index (χ4v) is 3.13. The number of hydrogen-bond donors (Lipinski definition) is 1. The normalized spacial score (nSPS) is 22.8. The van der Waals surface area contributed by atoms with E-state index >= 15 is 0 Å². The van der Waals surface area contributed by atoms with E-state index in [0.717, 1.165) is 30.0 Å². The molecule has 2 heterocycles. The summed E-state index contributed by atoms with van der Waals surface area (Å²) in [5.74, 6) is 7.18. The Morgan fingerprint density at radius 2 is 2.32 bits per heavy atom. The van der Waals surface area contributed by atoms with Crippen molar-refractivity contribution in [3.63, 3.8) is 0 Å². The summed E-state index contributed by atoms with van der Waals surface area (Å²) < 4.78 is 0. The lowest BCUT2D eigenvalue weighted by atomic mass is 9.88. The van der Waals surface area contributed by atoms with Crippen LogP contribution in [0.5, 0.6) is 0 Å². The lowest BCUT2D eigenvalue weighted by molar-refractivity contribution is 0.0632. The minimum Gasteiger partial charge on any atom is -0.338 e. The Hall–Kier alpha value is -1.31. The van der Waals surface area contributed by atoms with Crippen molar-refractivity contribution >= 4 is 17.2 Å². The van der Waals surface area contributed by atoms with Gasteiger partial charge in [-0.25, -0.2) is 0 Å². The van der Waals surface area contributed by atoms with Gasteiger partial charge in [0.1, 0.15) is 4.88 Å². The summed E-state index contributed by atoms with van der Waals surface area (Å²) in [6.45, 7) is 6.50. The van der Waals surface area contributed by atoms with Crippen LogP contribution in [0.25, 0.3) is 0 Å². The summed E-state index contributed by atoms with van der Waals surface area (Å²) in [5.41, 5.74) is 6.19. The second-order valence-electron chi connectivity index (χ2n) is 5.16. The molecule has 4 heteroatoms. The van der Waals surface area contributed by atoms with Crippen molar-refractivity contribution in [2.75, 3.05) is 19.6 Å². The van der Waals surface area contributed by atoms with E-state index in [1.165, 1.54) is 11.3 Å². The first-order chi connectivity index (χ1) is 9.13. The summed E-state index contributed by atoms with van der Waals surface area (Å²) >= 11 is 1.47. The Morgan fingerprint density at radius 3 is 3.00 bits per heavy atom. The molecule has 0 saturated carbocycles. The zero-order valence-electron chi connectivity index (χ0n) is 11.5. The van der Waals surface area contributed by atoms with E-state index in [9.17, 15) is 4.79 Å². The van der Waals surface area contributed by atoms with Crippen LogP contribution in [0.15, 0.2) is 11.4 Å². The van der Waals surface area contributed by atoms with E-state index in [1.54, 1.807) is 0 Å². The highest BCUT2D eigenvalue weighted by atomic mass is 32.1. The molecule has 2 atom stereocenters. The number of piperidine rings is 1. The third-order valence-corrected chi connectivity index (χ3v) is 4.71. The first kappa shape index (κ1) is 14.1. The van der Waals surface area contributed by atoms with Gasteiger partial charge in [0.15, 0.2) is 0 Å². The molecule has 19 heavy (non-hydrogen) atoms. The quantitative estimate of drug-likeness (QED) is 0.799. The molecular formula is C15H20N2OS. The number of carbonyl (C=O) groups is 1. The van der Waals surface area contributed by atoms with E-state index in [-0.39, 0.29) is 5.91 Å². The summed E-state index contributed by atoms with van der Waals surface area (Å²) in [6, 6.07) is 1.90. The number of nitrogens with zero attached hydrogens (tertiary/aromatic N) is 1. The molecule has 0 aromatic carbocycles. The number of carbonyl (C=O) groups excluding carboxylic acids is 1. The van der Waals surface area contributed by atoms with Crippen LogP contribution >= 0.6 is 11.3 Å². The Balaban J connectivity index is 2.14. The van der Waals surface area contributed by atoms with Crippen molar-refractivity contribution in [1.29, 1.82) is 0 Å². The molecule has 1 aromatic rings. The van der Waals surface area contributed by atoms with Crippen LogP contribution in [0.2, 0.25) is 0 Å². The van der Waals surface area contributed by atoms with Gasteiger partial charge in [-0.2, -0.15) is 0 Å². The summed E-state index contributed by atoms with van der Waals surface area (Å²) in [4.78, 5) is 15.2. The molecule has 1 fully saturated rings. The Kier molecular flexibility index (Phi) is 4.62. The number of nitrogens with two attached hydrogens (primary N) is 1. The van der Waals surface area contributed by atoms with Gasteiger partial charge in [0.25, 0.3) is 5.91 Å². The Morgan fingerprint density at radius 1 is 1.53 bits per heavy atom. The highest BCUT2D eigenvalue weighted by Gasteiger charge is 2.27. The van der Waals surface area contributed by atoms with Gasteiger partial charge in [-0.15, -0.1) is 11.3 Å². The maximum absolute atomic E-state index is 12.5. The lowest BCUT2D eigenvalue weighted by Crippen LogP contribution is -2.42. The van der Waals surface area contributed by atoms with Crippen molar-refractivity contribution in [2.24, 2.45) is 17.6 Å². The standard InChI is InChI=1S/C15H20N2OS/c1-11-5-8-17(10-12(11)2)15(18)14-13(4-3-7-16)6-9-19-14/h6,9,11-12H,5,7-8,10,16H2,1-2H3. The second-order valence-corrected chi connectivity index (χ2v) is 6.08. The van der Waals surface area contributed by atoms with Gasteiger partial charge in [-0.1, -0.05) is 25.7 Å². The SMILES string of the molecule is CC1CCN(C(=O)c2sccc2C#CCN)CC1C. The van der Waals surface area contributed by atoms with Crippen LogP contribution in [0.4, 0.5) is 0 Å². The van der Waals surface area contributed by atoms with E-state index in [1.807, 2.05) is 16.3 Å². The number of hydrogen-bond acceptors (Lipinski definition) is 3. The van der Waals surface area contributed by atoms with Gasteiger partial charge in [0, 0.05) is 18.7 Å². The predicted octanol–water partition coefficient (Wildman–Crippen LogP) is 2.18. The van der Waals surface area contributed by atoms with Crippen molar-refractivity contribution in [3.05, 3.63) is 21.9 Å². The van der Waals surface area contributed by atoms with Crippen LogP contribution in [-0.4, -0.2) is 30.4 Å². The van der Waals surface area contributed by atoms with Crippen LogP contribution in [-0.2, 0) is 0 Å². The topological polar surface area (TPSA) is 46.3 Å². The van der Waals surface area contributed by atoms with Crippen LogP contribution < -0.4 is 5.73 Å². The van der Waals surface area contributed by atoms with E-state index < -0.39 is 0 Å². The maximum atomic E-state index is 12.5. The molecule has 2 rings (SSSR count). The first-order valence-corrected chi connectivity index (χ1v) is 7.57. The van der Waals surface area contributed by atoms with Crippen molar-refractivity contribution < 1.29 is 4.79 Å². The van der Waals surface area contributed by atoms with Gasteiger partial charge >= 0.3 is 0 Å². The maximum Gasteiger partial charge on any atom is 0.265 e. The van der Waals surface area contributed by atoms with E-state index in [2.05, 4.69) is 25.7 Å². The molecular weight excluding hydrogens is 256 g/mol. The monoisotopic (exact) mass is 276 g/mol. The fourth-order valence-electron chi connectivity index (χ4n) is 2.31. The van der Waals surface area contributed by atoms with Crippen LogP contribution in [0, 0.1) is 23.7 Å². The molecule has 0 radical (unpaired) electrons. The number of amides is 1. The molecule has 0 spiro atoms. The second kappa shape index (κ2) is 6.23. The number of likely N-dealkylation sites (tertiary alicyclic amines) is 1. The average Bonchev–Trinajstić information content (AvgIpc) is 2.87. The molecule has 1 amide bonds. The molecule has 1 aliphatic rings. The van der Waals surface area contributed by atoms with Gasteiger partial charge in [0.2, 0.25) is 0 Å². The molecule has 3 nitrogen and oxygen atoms in total. The van der Waals surface area contributed by atoms with Crippen LogP contribution in [0.1, 0.15) is 35.5 Å². The Bertz CT molecular complexity index is 512. The first-order valence-electron chi connectivity index (χ1n) is 6.69. The minimum absolute atomic E-state index is 0.120. The third kappa shape index (κ3) is 3.17. The summed E-state index contributed by atoms with van der Waals surface area (Å²) in [6.07, 6.45) is 1.09.